The molecule has 1 atom stereocenters. The first kappa shape index (κ1) is 17.3. The van der Waals surface area contributed by atoms with Crippen molar-refractivity contribution in [2.75, 3.05) is 25.1 Å². The quantitative estimate of drug-likeness (QED) is 0.832. The summed E-state index contributed by atoms with van der Waals surface area (Å²) >= 11 is 0. The van der Waals surface area contributed by atoms with E-state index in [0.29, 0.717) is 6.42 Å². The summed E-state index contributed by atoms with van der Waals surface area (Å²) in [5, 5.41) is 0. The summed E-state index contributed by atoms with van der Waals surface area (Å²) in [6.45, 7) is 3.47. The molecule has 0 spiro atoms. The molecule has 3 nitrogen and oxygen atoms in total. The van der Waals surface area contributed by atoms with Crippen molar-refractivity contribution in [2.24, 2.45) is 5.92 Å². The number of halogens is 2. The molecule has 0 bridgehead atoms. The number of hydrogen-bond acceptors (Lipinski definition) is 3. The summed E-state index contributed by atoms with van der Waals surface area (Å²) in [5.41, 5.74) is 0.171. The second kappa shape index (κ2) is 7.04. The van der Waals surface area contributed by atoms with E-state index in [0.717, 1.165) is 25.9 Å². The van der Waals surface area contributed by atoms with Gasteiger partial charge in [0.25, 0.3) is 0 Å². The van der Waals surface area contributed by atoms with Crippen molar-refractivity contribution < 1.29 is 17.2 Å². The maximum absolute atomic E-state index is 13.7. The van der Waals surface area contributed by atoms with Crippen LogP contribution in [0.3, 0.4) is 0 Å². The van der Waals surface area contributed by atoms with E-state index in [2.05, 4.69) is 4.90 Å². The highest BCUT2D eigenvalue weighted by molar-refractivity contribution is 7.90. The fourth-order valence-electron chi connectivity index (χ4n) is 3.16. The number of nitrogens with zero attached hydrogens (tertiary/aromatic N) is 1. The standard InChI is InChI=1S/C16H23F2NO2S/c1-12(11-22(2,20)21)19-8-6-13(7-9-19)10-14-15(17)4-3-5-16(14)18/h3-5,12-13H,6-11H2,1-2H3. The highest BCUT2D eigenvalue weighted by Gasteiger charge is 2.26. The maximum Gasteiger partial charge on any atom is 0.148 e. The molecule has 6 heteroatoms. The minimum absolute atomic E-state index is 0.0128. The molecular formula is C16H23F2NO2S. The monoisotopic (exact) mass is 331 g/mol. The number of piperidine rings is 1. The Morgan fingerprint density at radius 1 is 1.23 bits per heavy atom. The Morgan fingerprint density at radius 2 is 1.77 bits per heavy atom. The van der Waals surface area contributed by atoms with Crippen molar-refractivity contribution in [3.63, 3.8) is 0 Å². The number of benzene rings is 1. The van der Waals surface area contributed by atoms with E-state index in [1.165, 1.54) is 24.5 Å². The molecule has 1 saturated heterocycles. The summed E-state index contributed by atoms with van der Waals surface area (Å²) in [4.78, 5) is 2.15. The van der Waals surface area contributed by atoms with Gasteiger partial charge in [-0.2, -0.15) is 0 Å². The lowest BCUT2D eigenvalue weighted by molar-refractivity contribution is 0.150. The van der Waals surface area contributed by atoms with Gasteiger partial charge >= 0.3 is 0 Å². The predicted octanol–water partition coefficient (Wildman–Crippen LogP) is 2.65. The zero-order chi connectivity index (χ0) is 16.3. The molecule has 1 aliphatic heterocycles. The molecular weight excluding hydrogens is 308 g/mol. The topological polar surface area (TPSA) is 37.4 Å². The fourth-order valence-corrected chi connectivity index (χ4v) is 4.24. The third-order valence-electron chi connectivity index (χ3n) is 4.37. The average Bonchev–Trinajstić information content (AvgIpc) is 2.42. The van der Waals surface area contributed by atoms with Crippen molar-refractivity contribution in [1.29, 1.82) is 0 Å². The van der Waals surface area contributed by atoms with Gasteiger partial charge in [-0.3, -0.25) is 4.90 Å². The lowest BCUT2D eigenvalue weighted by Crippen LogP contribution is -2.43. The number of hydrogen-bond donors (Lipinski definition) is 0. The second-order valence-corrected chi connectivity index (χ2v) is 8.51. The summed E-state index contributed by atoms with van der Waals surface area (Å²) in [7, 11) is -2.99. The van der Waals surface area contributed by atoms with Crippen molar-refractivity contribution in [2.45, 2.75) is 32.2 Å². The number of sulfone groups is 1. The van der Waals surface area contributed by atoms with Crippen LogP contribution in [-0.4, -0.2) is 44.5 Å². The van der Waals surface area contributed by atoms with E-state index in [1.54, 1.807) is 0 Å². The minimum Gasteiger partial charge on any atom is -0.300 e. The van der Waals surface area contributed by atoms with Crippen LogP contribution in [0.4, 0.5) is 8.78 Å². The van der Waals surface area contributed by atoms with Crippen LogP contribution >= 0.6 is 0 Å². The van der Waals surface area contributed by atoms with Crippen LogP contribution in [0.2, 0.25) is 0 Å². The Balaban J connectivity index is 1.90. The molecule has 124 valence electrons. The molecule has 1 aromatic rings. The van der Waals surface area contributed by atoms with Crippen LogP contribution in [0.25, 0.3) is 0 Å². The van der Waals surface area contributed by atoms with Gasteiger partial charge in [-0.15, -0.1) is 0 Å². The Hall–Kier alpha value is -1.01. The summed E-state index contributed by atoms with van der Waals surface area (Å²) < 4.78 is 50.1. The van der Waals surface area contributed by atoms with Crippen molar-refractivity contribution in [3.8, 4) is 0 Å². The number of rotatable bonds is 5. The molecule has 0 radical (unpaired) electrons. The zero-order valence-electron chi connectivity index (χ0n) is 13.1. The molecule has 2 rings (SSSR count). The summed E-state index contributed by atoms with van der Waals surface area (Å²) in [6.07, 6.45) is 3.33. The SMILES string of the molecule is CC(CS(C)(=O)=O)N1CCC(Cc2c(F)cccc2F)CC1. The van der Waals surface area contributed by atoms with E-state index in [4.69, 9.17) is 0 Å². The zero-order valence-corrected chi connectivity index (χ0v) is 13.9. The molecule has 0 aromatic heterocycles. The minimum atomic E-state index is -2.99. The van der Waals surface area contributed by atoms with E-state index in [1.807, 2.05) is 6.92 Å². The van der Waals surface area contributed by atoms with Crippen LogP contribution in [0, 0.1) is 17.6 Å². The normalized spacial score (nSPS) is 19.3. The van der Waals surface area contributed by atoms with E-state index >= 15 is 0 Å². The molecule has 1 unspecified atom stereocenters. The predicted molar refractivity (Wildman–Crippen MR) is 83.5 cm³/mol. The van der Waals surface area contributed by atoms with Crippen LogP contribution in [0.5, 0.6) is 0 Å². The number of likely N-dealkylation sites (tertiary alicyclic amines) is 1. The van der Waals surface area contributed by atoms with Gasteiger partial charge in [-0.25, -0.2) is 17.2 Å². The van der Waals surface area contributed by atoms with Crippen LogP contribution < -0.4 is 0 Å². The summed E-state index contributed by atoms with van der Waals surface area (Å²) in [5.74, 6) is -0.562. The van der Waals surface area contributed by atoms with Crippen molar-refractivity contribution in [1.82, 2.24) is 4.90 Å². The highest BCUT2D eigenvalue weighted by Crippen LogP contribution is 2.25. The highest BCUT2D eigenvalue weighted by atomic mass is 32.2. The van der Waals surface area contributed by atoms with Gasteiger partial charge in [0.15, 0.2) is 0 Å². The first-order valence-corrected chi connectivity index (χ1v) is 9.67. The molecule has 0 amide bonds. The Bertz CT molecular complexity index is 590. The maximum atomic E-state index is 13.7. The smallest absolute Gasteiger partial charge is 0.148 e. The Morgan fingerprint density at radius 3 is 2.27 bits per heavy atom. The van der Waals surface area contributed by atoms with Gasteiger partial charge in [0, 0.05) is 17.9 Å². The molecule has 22 heavy (non-hydrogen) atoms. The van der Waals surface area contributed by atoms with Gasteiger partial charge < -0.3 is 0 Å². The van der Waals surface area contributed by atoms with Crippen LogP contribution in [0.1, 0.15) is 25.3 Å². The Labute approximate surface area is 131 Å². The largest absolute Gasteiger partial charge is 0.300 e. The Kier molecular flexibility index (Phi) is 5.55. The van der Waals surface area contributed by atoms with Gasteiger partial charge in [-0.05, 0) is 57.3 Å². The summed E-state index contributed by atoms with van der Waals surface area (Å²) in [6, 6.07) is 3.95. The molecule has 1 fully saturated rings. The van der Waals surface area contributed by atoms with Gasteiger partial charge in [0.2, 0.25) is 0 Å². The first-order chi connectivity index (χ1) is 10.3. The third-order valence-corrected chi connectivity index (χ3v) is 5.46. The van der Waals surface area contributed by atoms with E-state index in [-0.39, 0.29) is 23.3 Å². The first-order valence-electron chi connectivity index (χ1n) is 7.61. The van der Waals surface area contributed by atoms with E-state index in [9.17, 15) is 17.2 Å². The van der Waals surface area contributed by atoms with Crippen molar-refractivity contribution >= 4 is 9.84 Å². The molecule has 1 heterocycles. The van der Waals surface area contributed by atoms with Gasteiger partial charge in [0.05, 0.1) is 5.75 Å². The second-order valence-electron chi connectivity index (χ2n) is 6.33. The fraction of sp³-hybridized carbons (Fsp3) is 0.625. The van der Waals surface area contributed by atoms with Gasteiger partial charge in [0.1, 0.15) is 21.5 Å². The molecule has 0 N–H and O–H groups in total. The van der Waals surface area contributed by atoms with Crippen LogP contribution in [-0.2, 0) is 16.3 Å². The van der Waals surface area contributed by atoms with Gasteiger partial charge in [-0.1, -0.05) is 6.07 Å². The van der Waals surface area contributed by atoms with Crippen molar-refractivity contribution in [3.05, 3.63) is 35.4 Å². The lowest BCUT2D eigenvalue weighted by Gasteiger charge is -2.35. The third kappa shape index (κ3) is 4.74. The van der Waals surface area contributed by atoms with Crippen LogP contribution in [0.15, 0.2) is 18.2 Å². The molecule has 1 aliphatic rings. The lowest BCUT2D eigenvalue weighted by atomic mass is 9.89. The molecule has 1 aromatic carbocycles. The van der Waals surface area contributed by atoms with E-state index < -0.39 is 21.5 Å². The average molecular weight is 331 g/mol. The molecule has 0 saturated carbocycles. The molecule has 0 aliphatic carbocycles.